The smallest absolute Gasteiger partial charge is 0.261 e. The van der Waals surface area contributed by atoms with Gasteiger partial charge in [0, 0.05) is 17.3 Å². The van der Waals surface area contributed by atoms with Crippen LogP contribution in [-0.2, 0) is 11.3 Å². The molecule has 0 aliphatic heterocycles. The zero-order chi connectivity index (χ0) is 19.5. The monoisotopic (exact) mass is 373 g/mol. The summed E-state index contributed by atoms with van der Waals surface area (Å²) in [5.41, 5.74) is 2.39. The maximum absolute atomic E-state index is 13.3. The first kappa shape index (κ1) is 17.6. The number of halogens is 1. The SMILES string of the molecule is O=C(Cn1cnc2cc(F)ccc2c1=O)Nc1ccccc1-c1ccccc1. The molecule has 1 aromatic heterocycles. The average Bonchev–Trinajstić information content (AvgIpc) is 2.71. The molecular weight excluding hydrogens is 357 g/mol. The topological polar surface area (TPSA) is 64.0 Å². The van der Waals surface area contributed by atoms with E-state index in [0.717, 1.165) is 11.1 Å². The molecule has 0 fully saturated rings. The largest absolute Gasteiger partial charge is 0.324 e. The van der Waals surface area contributed by atoms with Gasteiger partial charge in [-0.05, 0) is 23.8 Å². The van der Waals surface area contributed by atoms with Gasteiger partial charge in [0.25, 0.3) is 5.56 Å². The third kappa shape index (κ3) is 3.53. The number of fused-ring (bicyclic) bond motifs is 1. The standard InChI is InChI=1S/C22H16FN3O2/c23-16-10-11-18-20(12-16)24-14-26(22(18)28)13-21(27)25-19-9-5-4-8-17(19)15-6-2-1-3-7-15/h1-12,14H,13H2,(H,25,27). The van der Waals surface area contributed by atoms with Crippen LogP contribution in [0.1, 0.15) is 0 Å². The lowest BCUT2D eigenvalue weighted by Crippen LogP contribution is -2.28. The number of carbonyl (C=O) groups is 1. The lowest BCUT2D eigenvalue weighted by Gasteiger charge is -2.12. The molecule has 138 valence electrons. The van der Waals surface area contributed by atoms with Crippen molar-refractivity contribution in [3.05, 3.63) is 95.3 Å². The number of anilines is 1. The van der Waals surface area contributed by atoms with E-state index in [1.54, 1.807) is 0 Å². The molecule has 1 heterocycles. The van der Waals surface area contributed by atoms with E-state index in [2.05, 4.69) is 10.3 Å². The van der Waals surface area contributed by atoms with Gasteiger partial charge in [0.05, 0.1) is 17.2 Å². The van der Waals surface area contributed by atoms with Crippen molar-refractivity contribution in [1.82, 2.24) is 9.55 Å². The van der Waals surface area contributed by atoms with Crippen molar-refractivity contribution in [2.24, 2.45) is 0 Å². The van der Waals surface area contributed by atoms with Crippen LogP contribution in [0, 0.1) is 5.82 Å². The molecule has 6 heteroatoms. The molecule has 1 amide bonds. The fourth-order valence-corrected chi connectivity index (χ4v) is 3.05. The first-order valence-electron chi connectivity index (χ1n) is 8.71. The number of para-hydroxylation sites is 1. The highest BCUT2D eigenvalue weighted by Gasteiger charge is 2.11. The van der Waals surface area contributed by atoms with Gasteiger partial charge in [0.2, 0.25) is 5.91 Å². The molecule has 0 saturated carbocycles. The van der Waals surface area contributed by atoms with Gasteiger partial charge in [-0.3, -0.25) is 14.2 Å². The van der Waals surface area contributed by atoms with Crippen molar-refractivity contribution >= 4 is 22.5 Å². The van der Waals surface area contributed by atoms with Crippen LogP contribution in [0.25, 0.3) is 22.0 Å². The van der Waals surface area contributed by atoms with Crippen molar-refractivity contribution < 1.29 is 9.18 Å². The minimum Gasteiger partial charge on any atom is -0.324 e. The highest BCUT2D eigenvalue weighted by Crippen LogP contribution is 2.27. The first-order chi connectivity index (χ1) is 13.6. The van der Waals surface area contributed by atoms with Gasteiger partial charge >= 0.3 is 0 Å². The van der Waals surface area contributed by atoms with Crippen LogP contribution < -0.4 is 10.9 Å². The number of amides is 1. The number of hydrogen-bond donors (Lipinski definition) is 1. The molecule has 5 nitrogen and oxygen atoms in total. The van der Waals surface area contributed by atoms with E-state index in [9.17, 15) is 14.0 Å². The number of carbonyl (C=O) groups excluding carboxylic acids is 1. The summed E-state index contributed by atoms with van der Waals surface area (Å²) in [6.45, 7) is -0.192. The first-order valence-corrected chi connectivity index (χ1v) is 8.71. The van der Waals surface area contributed by atoms with E-state index in [1.165, 1.54) is 29.1 Å². The zero-order valence-corrected chi connectivity index (χ0v) is 14.8. The van der Waals surface area contributed by atoms with Crippen molar-refractivity contribution in [2.45, 2.75) is 6.54 Å². The molecule has 0 spiro atoms. The van der Waals surface area contributed by atoms with Gasteiger partial charge in [0.15, 0.2) is 0 Å². The fraction of sp³-hybridized carbons (Fsp3) is 0.0455. The summed E-state index contributed by atoms with van der Waals surface area (Å²) in [7, 11) is 0. The number of nitrogens with one attached hydrogen (secondary N) is 1. The molecule has 28 heavy (non-hydrogen) atoms. The van der Waals surface area contributed by atoms with Crippen LogP contribution in [0.4, 0.5) is 10.1 Å². The predicted molar refractivity (Wildman–Crippen MR) is 106 cm³/mol. The maximum atomic E-state index is 13.3. The van der Waals surface area contributed by atoms with Crippen LogP contribution in [0.3, 0.4) is 0 Å². The second-order valence-corrected chi connectivity index (χ2v) is 6.30. The molecule has 0 saturated heterocycles. The minimum atomic E-state index is -0.465. The summed E-state index contributed by atoms with van der Waals surface area (Å²) in [4.78, 5) is 29.2. The Balaban J connectivity index is 1.60. The Morgan fingerprint density at radius 2 is 1.75 bits per heavy atom. The van der Waals surface area contributed by atoms with Gasteiger partial charge in [-0.15, -0.1) is 0 Å². The zero-order valence-electron chi connectivity index (χ0n) is 14.8. The molecule has 4 aromatic rings. The van der Waals surface area contributed by atoms with E-state index >= 15 is 0 Å². The summed E-state index contributed by atoms with van der Waals surface area (Å²) in [6, 6.07) is 20.9. The maximum Gasteiger partial charge on any atom is 0.261 e. The van der Waals surface area contributed by atoms with Crippen molar-refractivity contribution in [2.75, 3.05) is 5.32 Å². The predicted octanol–water partition coefficient (Wildman–Crippen LogP) is 3.84. The van der Waals surface area contributed by atoms with Crippen molar-refractivity contribution in [1.29, 1.82) is 0 Å². The number of rotatable bonds is 4. The summed E-state index contributed by atoms with van der Waals surface area (Å²) in [6.07, 6.45) is 1.26. The Labute approximate surface area is 160 Å². The Bertz CT molecular complexity index is 1220. The highest BCUT2D eigenvalue weighted by atomic mass is 19.1. The van der Waals surface area contributed by atoms with Crippen LogP contribution in [-0.4, -0.2) is 15.5 Å². The molecule has 0 aliphatic carbocycles. The summed E-state index contributed by atoms with van der Waals surface area (Å²) < 4.78 is 14.5. The molecule has 0 bridgehead atoms. The van der Waals surface area contributed by atoms with Crippen LogP contribution in [0.15, 0.2) is 83.9 Å². The molecule has 0 unspecified atom stereocenters. The van der Waals surface area contributed by atoms with Gasteiger partial charge in [-0.1, -0.05) is 48.5 Å². The molecule has 4 rings (SSSR count). The number of nitrogens with zero attached hydrogens (tertiary/aromatic N) is 2. The summed E-state index contributed by atoms with van der Waals surface area (Å²) >= 11 is 0. The van der Waals surface area contributed by atoms with E-state index in [0.29, 0.717) is 5.69 Å². The molecule has 0 aliphatic rings. The van der Waals surface area contributed by atoms with Gasteiger partial charge in [-0.25, -0.2) is 9.37 Å². The van der Waals surface area contributed by atoms with Gasteiger partial charge in [0.1, 0.15) is 12.4 Å². The Hall–Kier alpha value is -3.80. The number of benzene rings is 3. The van der Waals surface area contributed by atoms with Crippen LogP contribution >= 0.6 is 0 Å². The Morgan fingerprint density at radius 1 is 1.00 bits per heavy atom. The van der Waals surface area contributed by atoms with E-state index in [4.69, 9.17) is 0 Å². The summed E-state index contributed by atoms with van der Waals surface area (Å²) in [5, 5.41) is 3.12. The minimum absolute atomic E-state index is 0.192. The van der Waals surface area contributed by atoms with Crippen LogP contribution in [0.2, 0.25) is 0 Å². The third-order valence-electron chi connectivity index (χ3n) is 4.39. The molecule has 0 radical (unpaired) electrons. The van der Waals surface area contributed by atoms with Crippen molar-refractivity contribution in [3.63, 3.8) is 0 Å². The van der Waals surface area contributed by atoms with E-state index in [-0.39, 0.29) is 23.4 Å². The third-order valence-corrected chi connectivity index (χ3v) is 4.39. The quantitative estimate of drug-likeness (QED) is 0.591. The average molecular weight is 373 g/mol. The fourth-order valence-electron chi connectivity index (χ4n) is 3.05. The van der Waals surface area contributed by atoms with Gasteiger partial charge < -0.3 is 5.32 Å². The van der Waals surface area contributed by atoms with E-state index in [1.807, 2.05) is 54.6 Å². The normalized spacial score (nSPS) is 10.8. The molecule has 0 atom stereocenters. The highest BCUT2D eigenvalue weighted by molar-refractivity contribution is 5.95. The second kappa shape index (κ2) is 7.44. The molecule has 3 aromatic carbocycles. The summed E-state index contributed by atoms with van der Waals surface area (Å²) in [5.74, 6) is -0.818. The number of aromatic nitrogens is 2. The Morgan fingerprint density at radius 3 is 2.57 bits per heavy atom. The second-order valence-electron chi connectivity index (χ2n) is 6.30. The lowest BCUT2D eigenvalue weighted by atomic mass is 10.0. The van der Waals surface area contributed by atoms with Crippen molar-refractivity contribution in [3.8, 4) is 11.1 Å². The lowest BCUT2D eigenvalue weighted by molar-refractivity contribution is -0.116. The van der Waals surface area contributed by atoms with E-state index < -0.39 is 11.4 Å². The molecular formula is C22H16FN3O2. The Kier molecular flexibility index (Phi) is 4.68. The van der Waals surface area contributed by atoms with Gasteiger partial charge in [-0.2, -0.15) is 0 Å². The number of hydrogen-bond acceptors (Lipinski definition) is 3. The van der Waals surface area contributed by atoms with Crippen LogP contribution in [0.5, 0.6) is 0 Å². The molecule has 1 N–H and O–H groups in total.